The lowest BCUT2D eigenvalue weighted by Gasteiger charge is -2.09. The van der Waals surface area contributed by atoms with Gasteiger partial charge in [0, 0.05) is 15.8 Å². The minimum Gasteiger partial charge on any atom is -0.303 e. The fourth-order valence-electron chi connectivity index (χ4n) is 1.13. The predicted octanol–water partition coefficient (Wildman–Crippen LogP) is 4.19. The number of hydrogen-bond acceptors (Lipinski definition) is 2. The fourth-order valence-corrected chi connectivity index (χ4v) is 2.25. The van der Waals surface area contributed by atoms with Gasteiger partial charge >= 0.3 is 5.51 Å². The van der Waals surface area contributed by atoms with Crippen molar-refractivity contribution in [3.63, 3.8) is 0 Å². The second-order valence-electron chi connectivity index (χ2n) is 3.02. The van der Waals surface area contributed by atoms with Crippen molar-refractivity contribution in [2.75, 3.05) is 0 Å². The lowest BCUT2D eigenvalue weighted by Crippen LogP contribution is -2.00. The van der Waals surface area contributed by atoms with Gasteiger partial charge in [0.2, 0.25) is 0 Å². The van der Waals surface area contributed by atoms with E-state index in [2.05, 4.69) is 15.9 Å². The Kier molecular flexibility index (Phi) is 4.86. The van der Waals surface area contributed by atoms with Crippen molar-refractivity contribution in [2.45, 2.75) is 23.2 Å². The predicted molar refractivity (Wildman–Crippen MR) is 60.4 cm³/mol. The van der Waals surface area contributed by atoms with Crippen LogP contribution in [0.2, 0.25) is 0 Å². The number of carbonyl (C=O) groups is 1. The van der Waals surface area contributed by atoms with Crippen LogP contribution in [0.1, 0.15) is 12.0 Å². The highest BCUT2D eigenvalue weighted by atomic mass is 79.9. The molecule has 0 bridgehead atoms. The topological polar surface area (TPSA) is 17.1 Å². The van der Waals surface area contributed by atoms with Crippen LogP contribution in [0.4, 0.5) is 13.2 Å². The van der Waals surface area contributed by atoms with Crippen molar-refractivity contribution in [1.29, 1.82) is 0 Å². The summed E-state index contributed by atoms with van der Waals surface area (Å²) < 4.78 is 37.0. The Morgan fingerprint density at radius 2 is 2.06 bits per heavy atom. The smallest absolute Gasteiger partial charge is 0.303 e. The number of hydrogen-bond donors (Lipinski definition) is 0. The number of aldehydes is 1. The minimum absolute atomic E-state index is 0.121. The van der Waals surface area contributed by atoms with Crippen LogP contribution < -0.4 is 0 Å². The number of halogens is 4. The minimum atomic E-state index is -4.30. The summed E-state index contributed by atoms with van der Waals surface area (Å²) in [5.74, 6) is 0. The van der Waals surface area contributed by atoms with Crippen molar-refractivity contribution in [2.24, 2.45) is 0 Å². The molecule has 0 atom stereocenters. The van der Waals surface area contributed by atoms with Crippen LogP contribution in [0.25, 0.3) is 0 Å². The second kappa shape index (κ2) is 5.72. The number of rotatable bonds is 4. The van der Waals surface area contributed by atoms with Crippen LogP contribution in [0, 0.1) is 0 Å². The molecule has 0 aliphatic rings. The zero-order chi connectivity index (χ0) is 12.2. The maximum absolute atomic E-state index is 12.2. The molecule has 1 rings (SSSR count). The number of carbonyl (C=O) groups excluding carboxylic acids is 1. The zero-order valence-electron chi connectivity index (χ0n) is 8.05. The average Bonchev–Trinajstić information content (AvgIpc) is 2.17. The molecular weight excluding hydrogens is 305 g/mol. The van der Waals surface area contributed by atoms with Crippen molar-refractivity contribution < 1.29 is 18.0 Å². The van der Waals surface area contributed by atoms with E-state index in [0.717, 1.165) is 11.8 Å². The third-order valence-corrected chi connectivity index (χ3v) is 3.52. The van der Waals surface area contributed by atoms with Gasteiger partial charge in [-0.2, -0.15) is 13.2 Å². The van der Waals surface area contributed by atoms with Crippen LogP contribution >= 0.6 is 27.7 Å². The van der Waals surface area contributed by atoms with Gasteiger partial charge in [-0.3, -0.25) is 0 Å². The number of thioether (sulfide) groups is 1. The van der Waals surface area contributed by atoms with E-state index in [1.165, 1.54) is 6.07 Å². The molecule has 1 aromatic carbocycles. The van der Waals surface area contributed by atoms with E-state index in [9.17, 15) is 18.0 Å². The molecule has 0 radical (unpaired) electrons. The Morgan fingerprint density at radius 3 is 2.62 bits per heavy atom. The molecule has 0 saturated heterocycles. The van der Waals surface area contributed by atoms with E-state index >= 15 is 0 Å². The lowest BCUT2D eigenvalue weighted by molar-refractivity contribution is -0.107. The Labute approximate surface area is 104 Å². The summed E-state index contributed by atoms with van der Waals surface area (Å²) in [6.45, 7) is 0. The molecular formula is C10H8BrF3OS. The molecule has 0 aliphatic carbocycles. The Hall–Kier alpha value is -0.490. The number of aryl methyl sites for hydroxylation is 1. The lowest BCUT2D eigenvalue weighted by atomic mass is 10.1. The van der Waals surface area contributed by atoms with Gasteiger partial charge in [0.05, 0.1) is 0 Å². The Balaban J connectivity index is 2.86. The fraction of sp³-hybridized carbons (Fsp3) is 0.300. The largest absolute Gasteiger partial charge is 0.446 e. The van der Waals surface area contributed by atoms with Crippen LogP contribution in [0.3, 0.4) is 0 Å². The van der Waals surface area contributed by atoms with Gasteiger partial charge in [-0.25, -0.2) is 0 Å². The molecule has 0 spiro atoms. The molecule has 0 aliphatic heterocycles. The summed E-state index contributed by atoms with van der Waals surface area (Å²) >= 11 is 2.90. The maximum atomic E-state index is 12.2. The molecule has 0 N–H and O–H groups in total. The Bertz CT molecular complexity index is 379. The molecule has 6 heteroatoms. The normalized spacial score (nSPS) is 11.5. The Morgan fingerprint density at radius 1 is 1.38 bits per heavy atom. The number of benzene rings is 1. The van der Waals surface area contributed by atoms with Crippen LogP contribution in [-0.4, -0.2) is 11.8 Å². The molecule has 0 saturated carbocycles. The SMILES string of the molecule is O=CCCc1ccc(Br)c(SC(F)(F)F)c1. The molecule has 1 aromatic rings. The average molecular weight is 313 g/mol. The quantitative estimate of drug-likeness (QED) is 0.612. The molecule has 16 heavy (non-hydrogen) atoms. The second-order valence-corrected chi connectivity index (χ2v) is 4.98. The first-order valence-corrected chi connectivity index (χ1v) is 6.01. The number of alkyl halides is 3. The van der Waals surface area contributed by atoms with Gasteiger partial charge in [-0.1, -0.05) is 6.07 Å². The van der Waals surface area contributed by atoms with Gasteiger partial charge in [-0.05, 0) is 51.8 Å². The van der Waals surface area contributed by atoms with E-state index in [1.54, 1.807) is 12.1 Å². The van der Waals surface area contributed by atoms with E-state index in [0.29, 0.717) is 17.3 Å². The standard InChI is InChI=1S/C10H8BrF3OS/c11-8-4-3-7(2-1-5-15)6-9(8)16-10(12,13)14/h3-6H,1-2H2. The first-order valence-electron chi connectivity index (χ1n) is 4.40. The summed E-state index contributed by atoms with van der Waals surface area (Å²) in [5, 5.41) is 0. The molecule has 0 fully saturated rings. The highest BCUT2D eigenvalue weighted by Crippen LogP contribution is 2.40. The van der Waals surface area contributed by atoms with Crippen molar-refractivity contribution in [3.8, 4) is 0 Å². The van der Waals surface area contributed by atoms with E-state index in [4.69, 9.17) is 0 Å². The van der Waals surface area contributed by atoms with Crippen LogP contribution in [0.5, 0.6) is 0 Å². The molecule has 0 unspecified atom stereocenters. The summed E-state index contributed by atoms with van der Waals surface area (Å²) in [6, 6.07) is 4.72. The van der Waals surface area contributed by atoms with E-state index < -0.39 is 5.51 Å². The summed E-state index contributed by atoms with van der Waals surface area (Å²) in [7, 11) is 0. The first kappa shape index (κ1) is 13.6. The van der Waals surface area contributed by atoms with Crippen molar-refractivity contribution in [3.05, 3.63) is 28.2 Å². The molecule has 0 amide bonds. The van der Waals surface area contributed by atoms with Gasteiger partial charge in [-0.15, -0.1) is 0 Å². The first-order chi connectivity index (χ1) is 7.42. The third kappa shape index (κ3) is 4.57. The molecule has 0 aromatic heterocycles. The monoisotopic (exact) mass is 312 g/mol. The molecule has 88 valence electrons. The maximum Gasteiger partial charge on any atom is 0.446 e. The van der Waals surface area contributed by atoms with Crippen molar-refractivity contribution >= 4 is 34.0 Å². The summed E-state index contributed by atoms with van der Waals surface area (Å²) in [6.07, 6.45) is 1.53. The highest BCUT2D eigenvalue weighted by Gasteiger charge is 2.30. The molecule has 1 nitrogen and oxygen atoms in total. The van der Waals surface area contributed by atoms with E-state index in [1.807, 2.05) is 0 Å². The van der Waals surface area contributed by atoms with Crippen molar-refractivity contribution in [1.82, 2.24) is 0 Å². The summed E-state index contributed by atoms with van der Waals surface area (Å²) in [5.41, 5.74) is -3.58. The van der Waals surface area contributed by atoms with Gasteiger partial charge in [0.25, 0.3) is 0 Å². The van der Waals surface area contributed by atoms with Gasteiger partial charge < -0.3 is 4.79 Å². The van der Waals surface area contributed by atoms with Gasteiger partial charge in [0.15, 0.2) is 0 Å². The third-order valence-electron chi connectivity index (χ3n) is 1.77. The van der Waals surface area contributed by atoms with Crippen LogP contribution in [0.15, 0.2) is 27.6 Å². The molecule has 0 heterocycles. The van der Waals surface area contributed by atoms with Gasteiger partial charge in [0.1, 0.15) is 6.29 Å². The summed E-state index contributed by atoms with van der Waals surface area (Å²) in [4.78, 5) is 10.3. The highest BCUT2D eigenvalue weighted by molar-refractivity contribution is 9.10. The van der Waals surface area contributed by atoms with Crippen LogP contribution in [-0.2, 0) is 11.2 Å². The van der Waals surface area contributed by atoms with E-state index in [-0.39, 0.29) is 16.7 Å². The zero-order valence-corrected chi connectivity index (χ0v) is 10.5.